The summed E-state index contributed by atoms with van der Waals surface area (Å²) in [5.41, 5.74) is 2.70. The van der Waals surface area contributed by atoms with E-state index in [2.05, 4.69) is 10.4 Å². The first-order valence-corrected chi connectivity index (χ1v) is 6.90. The number of fused-ring (bicyclic) bond motifs is 1. The standard InChI is InChI=1S/C17H13N5O/c18-11-22(12-6-2-1-3-7-12)16(23)10-15-13-8-4-5-9-14(13)17(20-15)21-19/h1-10H,19H2,(H,20,21). The third-order valence-electron chi connectivity index (χ3n) is 3.46. The number of hydrogen-bond acceptors (Lipinski definition) is 4. The molecule has 3 rings (SSSR count). The van der Waals surface area contributed by atoms with Gasteiger partial charge in [-0.1, -0.05) is 42.5 Å². The van der Waals surface area contributed by atoms with Crippen molar-refractivity contribution in [3.63, 3.8) is 0 Å². The van der Waals surface area contributed by atoms with Gasteiger partial charge in [0, 0.05) is 17.2 Å². The van der Waals surface area contributed by atoms with E-state index in [1.807, 2.05) is 36.5 Å². The average Bonchev–Trinajstić information content (AvgIpc) is 2.94. The van der Waals surface area contributed by atoms with Crippen LogP contribution in [0.3, 0.4) is 0 Å². The van der Waals surface area contributed by atoms with E-state index in [1.54, 1.807) is 24.3 Å². The summed E-state index contributed by atoms with van der Waals surface area (Å²) in [5.74, 6) is 5.41. The fourth-order valence-electron chi connectivity index (χ4n) is 2.40. The first-order valence-electron chi connectivity index (χ1n) is 6.90. The molecule has 3 N–H and O–H groups in total. The third-order valence-corrected chi connectivity index (χ3v) is 3.46. The third kappa shape index (κ3) is 2.63. The van der Waals surface area contributed by atoms with Crippen molar-refractivity contribution < 1.29 is 4.79 Å². The summed E-state index contributed by atoms with van der Waals surface area (Å²) in [4.78, 5) is 13.5. The number of carbonyl (C=O) groups excluding carboxylic acids is 1. The maximum Gasteiger partial charge on any atom is 0.266 e. The van der Waals surface area contributed by atoms with E-state index in [-0.39, 0.29) is 0 Å². The predicted octanol–water partition coefficient (Wildman–Crippen LogP) is 1.77. The number of amides is 1. The Labute approximate surface area is 133 Å². The van der Waals surface area contributed by atoms with E-state index in [4.69, 9.17) is 5.84 Å². The average molecular weight is 303 g/mol. The molecule has 0 atom stereocenters. The van der Waals surface area contributed by atoms with Crippen molar-refractivity contribution >= 4 is 23.1 Å². The van der Waals surface area contributed by atoms with Gasteiger partial charge >= 0.3 is 0 Å². The lowest BCUT2D eigenvalue weighted by Gasteiger charge is -2.11. The van der Waals surface area contributed by atoms with Gasteiger partial charge in [-0.05, 0) is 12.1 Å². The Kier molecular flexibility index (Phi) is 3.77. The van der Waals surface area contributed by atoms with Gasteiger partial charge in [0.15, 0.2) is 12.0 Å². The highest BCUT2D eigenvalue weighted by molar-refractivity contribution is 6.16. The minimum Gasteiger partial charge on any atom is -0.338 e. The molecule has 0 fully saturated rings. The number of nitrogens with one attached hydrogen (secondary N) is 1. The van der Waals surface area contributed by atoms with Gasteiger partial charge in [-0.3, -0.25) is 4.79 Å². The lowest BCUT2D eigenvalue weighted by Crippen LogP contribution is -2.25. The Morgan fingerprint density at radius 3 is 2.43 bits per heavy atom. The Balaban J connectivity index is 1.96. The van der Waals surface area contributed by atoms with Crippen molar-refractivity contribution in [2.24, 2.45) is 10.9 Å². The number of anilines is 1. The molecule has 0 saturated carbocycles. The van der Waals surface area contributed by atoms with Crippen molar-refractivity contribution in [1.29, 1.82) is 5.26 Å². The maximum absolute atomic E-state index is 12.5. The maximum atomic E-state index is 12.5. The minimum absolute atomic E-state index is 0.450. The molecule has 0 unspecified atom stereocenters. The summed E-state index contributed by atoms with van der Waals surface area (Å²) >= 11 is 0. The molecule has 2 aromatic carbocycles. The summed E-state index contributed by atoms with van der Waals surface area (Å²) in [6.07, 6.45) is 3.27. The van der Waals surface area contributed by atoms with Crippen LogP contribution in [0.5, 0.6) is 0 Å². The number of para-hydroxylation sites is 1. The molecule has 112 valence electrons. The molecule has 23 heavy (non-hydrogen) atoms. The topological polar surface area (TPSA) is 94.5 Å². The van der Waals surface area contributed by atoms with E-state index >= 15 is 0 Å². The zero-order valence-electron chi connectivity index (χ0n) is 12.1. The summed E-state index contributed by atoms with van der Waals surface area (Å²) in [5, 5.41) is 16.0. The fourth-order valence-corrected chi connectivity index (χ4v) is 2.40. The number of hydrogen-bond donors (Lipinski definition) is 2. The lowest BCUT2D eigenvalue weighted by molar-refractivity contribution is -0.113. The van der Waals surface area contributed by atoms with Gasteiger partial charge in [0.1, 0.15) is 0 Å². The van der Waals surface area contributed by atoms with Crippen LogP contribution in [0.25, 0.3) is 5.70 Å². The van der Waals surface area contributed by atoms with Gasteiger partial charge in [0.05, 0.1) is 11.4 Å². The van der Waals surface area contributed by atoms with Crippen LogP contribution in [-0.4, -0.2) is 11.7 Å². The van der Waals surface area contributed by atoms with Gasteiger partial charge < -0.3 is 11.2 Å². The van der Waals surface area contributed by atoms with Gasteiger partial charge in [0.2, 0.25) is 0 Å². The van der Waals surface area contributed by atoms with Crippen molar-refractivity contribution in [2.45, 2.75) is 0 Å². The molecule has 1 aliphatic heterocycles. The molecule has 2 aromatic rings. The fraction of sp³-hybridized carbons (Fsp3) is 0. The Hall–Kier alpha value is -3.59. The van der Waals surface area contributed by atoms with Gasteiger partial charge in [-0.2, -0.15) is 10.4 Å². The summed E-state index contributed by atoms with van der Waals surface area (Å²) in [6, 6.07) is 16.2. The van der Waals surface area contributed by atoms with Crippen molar-refractivity contribution in [3.05, 3.63) is 71.8 Å². The van der Waals surface area contributed by atoms with Crippen LogP contribution < -0.4 is 16.1 Å². The Morgan fingerprint density at radius 2 is 1.78 bits per heavy atom. The zero-order valence-corrected chi connectivity index (χ0v) is 12.1. The molecule has 0 spiro atoms. The number of nitrogens with two attached hydrogens (primary N) is 1. The number of carbonyl (C=O) groups is 1. The van der Waals surface area contributed by atoms with E-state index in [1.165, 1.54) is 6.08 Å². The number of nitriles is 1. The van der Waals surface area contributed by atoms with E-state index < -0.39 is 5.91 Å². The first-order chi connectivity index (χ1) is 11.2. The summed E-state index contributed by atoms with van der Waals surface area (Å²) < 4.78 is 0. The number of hydrazone groups is 1. The second-order valence-corrected chi connectivity index (χ2v) is 4.82. The van der Waals surface area contributed by atoms with Crippen LogP contribution in [-0.2, 0) is 4.79 Å². The second-order valence-electron chi connectivity index (χ2n) is 4.82. The smallest absolute Gasteiger partial charge is 0.266 e. The van der Waals surface area contributed by atoms with E-state index in [0.717, 1.165) is 16.0 Å². The van der Waals surface area contributed by atoms with E-state index in [9.17, 15) is 10.1 Å². The molecule has 1 heterocycles. The minimum atomic E-state index is -0.450. The molecule has 0 bridgehead atoms. The van der Waals surface area contributed by atoms with Crippen molar-refractivity contribution in [3.8, 4) is 6.19 Å². The Morgan fingerprint density at radius 1 is 1.13 bits per heavy atom. The van der Waals surface area contributed by atoms with Crippen molar-refractivity contribution in [1.82, 2.24) is 5.32 Å². The molecule has 0 radical (unpaired) electrons. The number of rotatable bonds is 2. The Bertz CT molecular complexity index is 849. The van der Waals surface area contributed by atoms with Crippen LogP contribution in [0.1, 0.15) is 11.1 Å². The number of nitrogens with zero attached hydrogens (tertiary/aromatic N) is 3. The molecule has 0 aromatic heterocycles. The summed E-state index contributed by atoms with van der Waals surface area (Å²) in [7, 11) is 0. The highest BCUT2D eigenvalue weighted by Gasteiger charge is 2.23. The normalized spacial score (nSPS) is 15.8. The molecule has 0 saturated heterocycles. The highest BCUT2D eigenvalue weighted by Crippen LogP contribution is 2.25. The van der Waals surface area contributed by atoms with Gasteiger partial charge in [-0.15, -0.1) is 0 Å². The molecular weight excluding hydrogens is 290 g/mol. The zero-order chi connectivity index (χ0) is 16.2. The van der Waals surface area contributed by atoms with Crippen LogP contribution in [0, 0.1) is 11.5 Å². The van der Waals surface area contributed by atoms with E-state index in [0.29, 0.717) is 17.2 Å². The lowest BCUT2D eigenvalue weighted by atomic mass is 10.1. The van der Waals surface area contributed by atoms with Crippen LogP contribution in [0.2, 0.25) is 0 Å². The predicted molar refractivity (Wildman–Crippen MR) is 87.8 cm³/mol. The molecule has 6 heteroatoms. The van der Waals surface area contributed by atoms with Crippen LogP contribution >= 0.6 is 0 Å². The SMILES string of the molecule is N#CN(C(=O)C=C1NC(=NN)c2ccccc21)c1ccccc1. The van der Waals surface area contributed by atoms with Crippen molar-refractivity contribution in [2.75, 3.05) is 4.90 Å². The first kappa shape index (κ1) is 14.4. The summed E-state index contributed by atoms with van der Waals surface area (Å²) in [6.45, 7) is 0. The number of benzene rings is 2. The largest absolute Gasteiger partial charge is 0.338 e. The molecule has 1 aliphatic rings. The van der Waals surface area contributed by atoms with Gasteiger partial charge in [0.25, 0.3) is 5.91 Å². The van der Waals surface area contributed by atoms with Gasteiger partial charge in [-0.25, -0.2) is 4.90 Å². The molecule has 1 amide bonds. The monoisotopic (exact) mass is 303 g/mol. The molecule has 0 aliphatic carbocycles. The number of amidine groups is 1. The van der Waals surface area contributed by atoms with Crippen LogP contribution in [0.4, 0.5) is 5.69 Å². The van der Waals surface area contributed by atoms with Crippen LogP contribution in [0.15, 0.2) is 65.8 Å². The molecular formula is C17H13N5O. The highest BCUT2D eigenvalue weighted by atomic mass is 16.2. The quantitative estimate of drug-likeness (QED) is 0.290. The second kappa shape index (κ2) is 6.03. The molecule has 6 nitrogen and oxygen atoms in total.